The van der Waals surface area contributed by atoms with E-state index in [0.717, 1.165) is 36.0 Å². The minimum absolute atomic E-state index is 0.208. The minimum Gasteiger partial charge on any atom is -0.396 e. The topological polar surface area (TPSA) is 47.3 Å². The van der Waals surface area contributed by atoms with Crippen LogP contribution in [0, 0.1) is 11.3 Å². The summed E-state index contributed by atoms with van der Waals surface area (Å²) in [6.45, 7) is 1.18. The molecule has 0 saturated carbocycles. The summed E-state index contributed by atoms with van der Waals surface area (Å²) >= 11 is 3.40. The second-order valence-electron chi connectivity index (χ2n) is 4.63. The van der Waals surface area contributed by atoms with Crippen molar-refractivity contribution < 1.29 is 5.11 Å². The van der Waals surface area contributed by atoms with Crippen LogP contribution >= 0.6 is 15.9 Å². The van der Waals surface area contributed by atoms with E-state index in [9.17, 15) is 5.26 Å². The van der Waals surface area contributed by atoms with Crippen LogP contribution in [0.5, 0.6) is 0 Å². The Kier molecular flexibility index (Phi) is 4.62. The monoisotopic (exact) mass is 308 g/mol. The number of aliphatic hydroxyl groups excluding tert-OH is 1. The SMILES string of the molecule is N#Cc1cc(Br)ccc1N1CCCCC1CCO. The zero-order valence-electron chi connectivity index (χ0n) is 10.3. The summed E-state index contributed by atoms with van der Waals surface area (Å²) in [4.78, 5) is 2.28. The van der Waals surface area contributed by atoms with Gasteiger partial charge in [0.1, 0.15) is 6.07 Å². The Bertz CT molecular complexity index is 454. The Labute approximate surface area is 116 Å². The Balaban J connectivity index is 2.30. The van der Waals surface area contributed by atoms with Crippen molar-refractivity contribution in [1.29, 1.82) is 5.26 Å². The van der Waals surface area contributed by atoms with Gasteiger partial charge in [-0.1, -0.05) is 15.9 Å². The fraction of sp³-hybridized carbons (Fsp3) is 0.500. The molecule has 1 fully saturated rings. The molecule has 0 spiro atoms. The highest BCUT2D eigenvalue weighted by Gasteiger charge is 2.24. The van der Waals surface area contributed by atoms with Gasteiger partial charge in [-0.25, -0.2) is 0 Å². The van der Waals surface area contributed by atoms with Crippen LogP contribution in [0.15, 0.2) is 22.7 Å². The molecule has 0 bridgehead atoms. The van der Waals surface area contributed by atoms with E-state index < -0.39 is 0 Å². The summed E-state index contributed by atoms with van der Waals surface area (Å²) in [5, 5.41) is 18.4. The number of piperidine rings is 1. The van der Waals surface area contributed by atoms with Crippen LogP contribution in [0.25, 0.3) is 0 Å². The number of rotatable bonds is 3. The van der Waals surface area contributed by atoms with Crippen molar-refractivity contribution in [2.75, 3.05) is 18.1 Å². The third kappa shape index (κ3) is 2.85. The second-order valence-corrected chi connectivity index (χ2v) is 5.54. The zero-order chi connectivity index (χ0) is 13.0. The molecule has 96 valence electrons. The Morgan fingerprint density at radius 1 is 1.44 bits per heavy atom. The molecule has 1 aliphatic heterocycles. The molecule has 0 aliphatic carbocycles. The molecule has 1 N–H and O–H groups in total. The van der Waals surface area contributed by atoms with Gasteiger partial charge in [0, 0.05) is 23.7 Å². The highest BCUT2D eigenvalue weighted by atomic mass is 79.9. The fourth-order valence-corrected chi connectivity index (χ4v) is 2.98. The average Bonchev–Trinajstić information content (AvgIpc) is 2.40. The van der Waals surface area contributed by atoms with Crippen molar-refractivity contribution in [3.8, 4) is 6.07 Å². The van der Waals surface area contributed by atoms with Crippen molar-refractivity contribution in [2.24, 2.45) is 0 Å². The van der Waals surface area contributed by atoms with Crippen molar-refractivity contribution in [3.05, 3.63) is 28.2 Å². The molecule has 2 rings (SSSR count). The molecule has 1 aromatic carbocycles. The number of hydrogen-bond donors (Lipinski definition) is 1. The molecule has 4 heteroatoms. The van der Waals surface area contributed by atoms with E-state index in [-0.39, 0.29) is 6.61 Å². The van der Waals surface area contributed by atoms with Gasteiger partial charge < -0.3 is 10.0 Å². The quantitative estimate of drug-likeness (QED) is 0.933. The second kappa shape index (κ2) is 6.21. The average molecular weight is 309 g/mol. The van der Waals surface area contributed by atoms with Gasteiger partial charge in [-0.2, -0.15) is 5.26 Å². The Morgan fingerprint density at radius 2 is 2.28 bits per heavy atom. The molecule has 1 aromatic rings. The number of nitriles is 1. The van der Waals surface area contributed by atoms with Gasteiger partial charge in [0.2, 0.25) is 0 Å². The number of benzene rings is 1. The first-order valence-corrected chi connectivity index (χ1v) is 7.12. The number of nitrogens with zero attached hydrogens (tertiary/aromatic N) is 2. The molecule has 1 aliphatic rings. The van der Waals surface area contributed by atoms with E-state index in [1.807, 2.05) is 18.2 Å². The smallest absolute Gasteiger partial charge is 0.101 e. The van der Waals surface area contributed by atoms with Crippen LogP contribution < -0.4 is 4.90 Å². The fourth-order valence-electron chi connectivity index (χ4n) is 2.62. The van der Waals surface area contributed by atoms with Gasteiger partial charge >= 0.3 is 0 Å². The molecule has 0 radical (unpaired) electrons. The van der Waals surface area contributed by atoms with Crippen LogP contribution in [-0.4, -0.2) is 24.3 Å². The van der Waals surface area contributed by atoms with E-state index in [0.29, 0.717) is 11.6 Å². The first-order chi connectivity index (χ1) is 8.76. The van der Waals surface area contributed by atoms with Crippen LogP contribution in [0.3, 0.4) is 0 Å². The maximum absolute atomic E-state index is 9.24. The lowest BCUT2D eigenvalue weighted by Gasteiger charge is -2.38. The maximum Gasteiger partial charge on any atom is 0.101 e. The molecule has 0 aromatic heterocycles. The number of anilines is 1. The van der Waals surface area contributed by atoms with Crippen LogP contribution in [0.2, 0.25) is 0 Å². The largest absolute Gasteiger partial charge is 0.396 e. The van der Waals surface area contributed by atoms with E-state index in [1.165, 1.54) is 6.42 Å². The van der Waals surface area contributed by atoms with Crippen molar-refractivity contribution >= 4 is 21.6 Å². The molecular weight excluding hydrogens is 292 g/mol. The third-order valence-corrected chi connectivity index (χ3v) is 3.97. The van der Waals surface area contributed by atoms with Crippen LogP contribution in [-0.2, 0) is 0 Å². The summed E-state index contributed by atoms with van der Waals surface area (Å²) in [5.74, 6) is 0. The number of hydrogen-bond acceptors (Lipinski definition) is 3. The van der Waals surface area contributed by atoms with Gasteiger partial charge in [0.25, 0.3) is 0 Å². The predicted octanol–water partition coefficient (Wildman–Crippen LogP) is 3.06. The van der Waals surface area contributed by atoms with Gasteiger partial charge in [-0.15, -0.1) is 0 Å². The van der Waals surface area contributed by atoms with Crippen molar-refractivity contribution in [3.63, 3.8) is 0 Å². The van der Waals surface area contributed by atoms with Gasteiger partial charge in [0.05, 0.1) is 11.3 Å². The Morgan fingerprint density at radius 3 is 3.00 bits per heavy atom. The summed E-state index contributed by atoms with van der Waals surface area (Å²) in [5.41, 5.74) is 1.70. The lowest BCUT2D eigenvalue weighted by atomic mass is 9.98. The number of halogens is 1. The van der Waals surface area contributed by atoms with E-state index in [2.05, 4.69) is 26.9 Å². The minimum atomic E-state index is 0.208. The summed E-state index contributed by atoms with van der Waals surface area (Å²) in [7, 11) is 0. The number of aliphatic hydroxyl groups is 1. The Hall–Kier alpha value is -1.05. The van der Waals surface area contributed by atoms with Crippen LogP contribution in [0.1, 0.15) is 31.2 Å². The molecule has 0 amide bonds. The van der Waals surface area contributed by atoms with Gasteiger partial charge in [-0.05, 0) is 43.9 Å². The highest BCUT2D eigenvalue weighted by molar-refractivity contribution is 9.10. The lowest BCUT2D eigenvalue weighted by Crippen LogP contribution is -2.40. The predicted molar refractivity (Wildman–Crippen MR) is 75.5 cm³/mol. The van der Waals surface area contributed by atoms with Gasteiger partial charge in [0.15, 0.2) is 0 Å². The molecule has 1 unspecified atom stereocenters. The van der Waals surface area contributed by atoms with E-state index in [4.69, 9.17) is 5.11 Å². The summed E-state index contributed by atoms with van der Waals surface area (Å²) in [6, 6.07) is 8.45. The lowest BCUT2D eigenvalue weighted by molar-refractivity contribution is 0.262. The molecule has 3 nitrogen and oxygen atoms in total. The van der Waals surface area contributed by atoms with Crippen LogP contribution in [0.4, 0.5) is 5.69 Å². The van der Waals surface area contributed by atoms with E-state index in [1.54, 1.807) is 0 Å². The van der Waals surface area contributed by atoms with E-state index >= 15 is 0 Å². The first-order valence-electron chi connectivity index (χ1n) is 6.33. The zero-order valence-corrected chi connectivity index (χ0v) is 11.9. The molecule has 1 saturated heterocycles. The molecule has 1 atom stereocenters. The molecule has 1 heterocycles. The van der Waals surface area contributed by atoms with Gasteiger partial charge in [-0.3, -0.25) is 0 Å². The molecular formula is C14H17BrN2O. The third-order valence-electron chi connectivity index (χ3n) is 3.48. The summed E-state index contributed by atoms with van der Waals surface area (Å²) in [6.07, 6.45) is 4.24. The van der Waals surface area contributed by atoms with Crippen molar-refractivity contribution in [2.45, 2.75) is 31.7 Å². The highest BCUT2D eigenvalue weighted by Crippen LogP contribution is 2.30. The van der Waals surface area contributed by atoms with Crippen molar-refractivity contribution in [1.82, 2.24) is 0 Å². The normalized spacial score (nSPS) is 19.6. The maximum atomic E-state index is 9.24. The standard InChI is InChI=1S/C14H17BrN2O/c15-12-4-5-14(11(9-12)10-16)17-7-2-1-3-13(17)6-8-18/h4-5,9,13,18H,1-3,6-8H2. The first kappa shape index (κ1) is 13.4. The summed E-state index contributed by atoms with van der Waals surface area (Å²) < 4.78 is 0.929. The molecule has 18 heavy (non-hydrogen) atoms.